The van der Waals surface area contributed by atoms with Crippen LogP contribution in [-0.4, -0.2) is 46.5 Å². The van der Waals surface area contributed by atoms with Gasteiger partial charge in [-0.25, -0.2) is 0 Å². The predicted molar refractivity (Wildman–Crippen MR) is 123 cm³/mol. The van der Waals surface area contributed by atoms with Crippen LogP contribution in [0.1, 0.15) is 23.7 Å². The minimum atomic E-state index is -0.121. The van der Waals surface area contributed by atoms with Crippen LogP contribution < -0.4 is 10.5 Å². The number of carbonyl (C=O) groups is 1. The Morgan fingerprint density at radius 2 is 1.90 bits per heavy atom. The molecule has 1 aliphatic rings. The van der Waals surface area contributed by atoms with Crippen molar-refractivity contribution in [2.75, 3.05) is 31.1 Å². The molecule has 1 fully saturated rings. The van der Waals surface area contributed by atoms with Crippen LogP contribution in [0.5, 0.6) is 0 Å². The summed E-state index contributed by atoms with van der Waals surface area (Å²) in [7, 11) is 0. The van der Waals surface area contributed by atoms with E-state index in [0.29, 0.717) is 45.9 Å². The number of benzene rings is 2. The summed E-state index contributed by atoms with van der Waals surface area (Å²) in [4.78, 5) is 32.9. The number of rotatable bonds is 4. The van der Waals surface area contributed by atoms with Gasteiger partial charge in [-0.15, -0.1) is 0 Å². The number of carbonyl (C=O) groups excluding carboxylic acids is 1. The van der Waals surface area contributed by atoms with Crippen LogP contribution >= 0.6 is 23.8 Å². The van der Waals surface area contributed by atoms with Gasteiger partial charge in [0.05, 0.1) is 10.9 Å². The van der Waals surface area contributed by atoms with Crippen LogP contribution in [0.15, 0.2) is 47.3 Å². The molecule has 156 valence electrons. The van der Waals surface area contributed by atoms with E-state index in [2.05, 4.69) is 9.88 Å². The molecule has 0 radical (unpaired) electrons. The number of halogens is 1. The largest absolute Gasteiger partial charge is 0.368 e. The van der Waals surface area contributed by atoms with Gasteiger partial charge in [-0.05, 0) is 55.0 Å². The normalized spacial score (nSPS) is 14.3. The maximum absolute atomic E-state index is 13.0. The number of amides is 1. The molecule has 0 spiro atoms. The van der Waals surface area contributed by atoms with Crippen LogP contribution in [0.4, 0.5) is 5.69 Å². The molecule has 30 heavy (non-hydrogen) atoms. The molecule has 0 atom stereocenters. The molecule has 6 nitrogen and oxygen atoms in total. The molecule has 4 rings (SSSR count). The van der Waals surface area contributed by atoms with Crippen molar-refractivity contribution in [1.82, 2.24) is 14.5 Å². The van der Waals surface area contributed by atoms with Crippen molar-refractivity contribution in [1.29, 1.82) is 0 Å². The Kier molecular flexibility index (Phi) is 5.92. The van der Waals surface area contributed by atoms with Gasteiger partial charge in [-0.1, -0.05) is 24.6 Å². The first kappa shape index (κ1) is 20.6. The lowest BCUT2D eigenvalue weighted by Gasteiger charge is -2.36. The molecule has 2 aromatic carbocycles. The Hall–Kier alpha value is -2.64. The van der Waals surface area contributed by atoms with E-state index in [1.807, 2.05) is 36.1 Å². The van der Waals surface area contributed by atoms with Gasteiger partial charge in [0, 0.05) is 49.0 Å². The van der Waals surface area contributed by atoms with E-state index in [1.165, 1.54) is 0 Å². The smallest absolute Gasteiger partial charge is 0.262 e. The molecular formula is C22H23ClN4O2S. The van der Waals surface area contributed by atoms with Crippen LogP contribution in [0, 0.1) is 4.77 Å². The third kappa shape index (κ3) is 4.00. The van der Waals surface area contributed by atoms with E-state index < -0.39 is 0 Å². The topological polar surface area (TPSA) is 61.3 Å². The standard InChI is InChI=1S/C22H23ClN4O2S/c1-2-8-27-21(29)18-7-6-15(13-19(18)24-22(27)30)20(28)26-11-9-25(10-12-26)17-5-3-4-16(23)14-17/h3-7,13-14H,2,8-12H2,1H3,(H,24,30). The van der Waals surface area contributed by atoms with E-state index in [-0.39, 0.29) is 11.5 Å². The summed E-state index contributed by atoms with van der Waals surface area (Å²) >= 11 is 11.4. The number of fused-ring (bicyclic) bond motifs is 1. The summed E-state index contributed by atoms with van der Waals surface area (Å²) in [5.74, 6) is -0.0419. The number of piperazine rings is 1. The molecule has 1 aliphatic heterocycles. The first-order chi connectivity index (χ1) is 14.5. The molecule has 2 heterocycles. The van der Waals surface area contributed by atoms with Gasteiger partial charge in [0.25, 0.3) is 11.5 Å². The minimum Gasteiger partial charge on any atom is -0.368 e. The SMILES string of the molecule is CCCn1c(=S)[nH]c2cc(C(=O)N3CCN(c4cccc(Cl)c4)CC3)ccc2c1=O. The summed E-state index contributed by atoms with van der Waals surface area (Å²) in [6, 6.07) is 12.9. The van der Waals surface area contributed by atoms with E-state index in [4.69, 9.17) is 23.8 Å². The molecular weight excluding hydrogens is 420 g/mol. The molecule has 1 saturated heterocycles. The predicted octanol–water partition coefficient (Wildman–Crippen LogP) is 4.08. The lowest BCUT2D eigenvalue weighted by molar-refractivity contribution is 0.0747. The lowest BCUT2D eigenvalue weighted by Crippen LogP contribution is -2.48. The summed E-state index contributed by atoms with van der Waals surface area (Å²) in [6.07, 6.45) is 0.820. The lowest BCUT2D eigenvalue weighted by atomic mass is 10.1. The highest BCUT2D eigenvalue weighted by Gasteiger charge is 2.23. The van der Waals surface area contributed by atoms with Gasteiger partial charge < -0.3 is 14.8 Å². The van der Waals surface area contributed by atoms with Crippen molar-refractivity contribution >= 4 is 46.3 Å². The average molecular weight is 443 g/mol. The number of nitrogens with zero attached hydrogens (tertiary/aromatic N) is 3. The zero-order chi connectivity index (χ0) is 21.3. The second-order valence-electron chi connectivity index (χ2n) is 7.41. The molecule has 1 amide bonds. The number of anilines is 1. The molecule has 0 unspecified atom stereocenters. The Morgan fingerprint density at radius 3 is 2.60 bits per heavy atom. The molecule has 0 aliphatic carbocycles. The maximum atomic E-state index is 13.0. The number of nitrogens with one attached hydrogen (secondary N) is 1. The second kappa shape index (κ2) is 8.62. The number of aromatic nitrogens is 2. The Balaban J connectivity index is 1.53. The van der Waals surface area contributed by atoms with Gasteiger partial charge in [0.1, 0.15) is 0 Å². The minimum absolute atomic E-state index is 0.0419. The highest BCUT2D eigenvalue weighted by atomic mass is 35.5. The average Bonchev–Trinajstić information content (AvgIpc) is 2.76. The molecule has 0 saturated carbocycles. The first-order valence-corrected chi connectivity index (χ1v) is 10.8. The first-order valence-electron chi connectivity index (χ1n) is 10.0. The summed E-state index contributed by atoms with van der Waals surface area (Å²) < 4.78 is 1.95. The van der Waals surface area contributed by atoms with Crippen molar-refractivity contribution in [3.8, 4) is 0 Å². The number of aromatic amines is 1. The Labute approximate surface area is 184 Å². The highest BCUT2D eigenvalue weighted by Crippen LogP contribution is 2.21. The fraction of sp³-hybridized carbons (Fsp3) is 0.318. The van der Waals surface area contributed by atoms with Gasteiger partial charge >= 0.3 is 0 Å². The fourth-order valence-electron chi connectivity index (χ4n) is 3.84. The second-order valence-corrected chi connectivity index (χ2v) is 8.23. The molecule has 1 N–H and O–H groups in total. The summed E-state index contributed by atoms with van der Waals surface area (Å²) in [5, 5.41) is 1.25. The number of hydrogen-bond acceptors (Lipinski definition) is 4. The zero-order valence-corrected chi connectivity index (χ0v) is 18.3. The van der Waals surface area contributed by atoms with Crippen LogP contribution in [0.2, 0.25) is 5.02 Å². The van der Waals surface area contributed by atoms with E-state index in [9.17, 15) is 9.59 Å². The summed E-state index contributed by atoms with van der Waals surface area (Å²) in [6.45, 7) is 5.30. The zero-order valence-electron chi connectivity index (χ0n) is 16.7. The van der Waals surface area contributed by atoms with E-state index in [1.54, 1.807) is 22.8 Å². The van der Waals surface area contributed by atoms with Gasteiger partial charge in [0.15, 0.2) is 4.77 Å². The van der Waals surface area contributed by atoms with Crippen molar-refractivity contribution in [3.63, 3.8) is 0 Å². The van der Waals surface area contributed by atoms with Crippen molar-refractivity contribution in [2.24, 2.45) is 0 Å². The van der Waals surface area contributed by atoms with Crippen molar-refractivity contribution in [3.05, 3.63) is 68.2 Å². The van der Waals surface area contributed by atoms with Crippen LogP contribution in [0.25, 0.3) is 10.9 Å². The Morgan fingerprint density at radius 1 is 1.13 bits per heavy atom. The molecule has 8 heteroatoms. The van der Waals surface area contributed by atoms with Crippen LogP contribution in [0.3, 0.4) is 0 Å². The van der Waals surface area contributed by atoms with Crippen LogP contribution in [-0.2, 0) is 6.54 Å². The maximum Gasteiger partial charge on any atom is 0.262 e. The van der Waals surface area contributed by atoms with Gasteiger partial charge in [0.2, 0.25) is 0 Å². The summed E-state index contributed by atoms with van der Waals surface area (Å²) in [5.41, 5.74) is 2.10. The molecule has 3 aromatic rings. The quantitative estimate of drug-likeness (QED) is 0.618. The van der Waals surface area contributed by atoms with Crippen molar-refractivity contribution in [2.45, 2.75) is 19.9 Å². The number of hydrogen-bond donors (Lipinski definition) is 1. The van der Waals surface area contributed by atoms with E-state index in [0.717, 1.165) is 25.2 Å². The van der Waals surface area contributed by atoms with Gasteiger partial charge in [-0.3, -0.25) is 14.2 Å². The Bertz CT molecular complexity index is 1210. The molecule has 1 aromatic heterocycles. The van der Waals surface area contributed by atoms with Crippen molar-refractivity contribution < 1.29 is 4.79 Å². The number of H-pyrrole nitrogens is 1. The molecule has 0 bridgehead atoms. The third-order valence-electron chi connectivity index (χ3n) is 5.42. The monoisotopic (exact) mass is 442 g/mol. The van der Waals surface area contributed by atoms with Gasteiger partial charge in [-0.2, -0.15) is 0 Å². The fourth-order valence-corrected chi connectivity index (χ4v) is 4.31. The highest BCUT2D eigenvalue weighted by molar-refractivity contribution is 7.71. The third-order valence-corrected chi connectivity index (χ3v) is 5.97. The van der Waals surface area contributed by atoms with E-state index >= 15 is 0 Å².